The van der Waals surface area contributed by atoms with E-state index in [1.807, 2.05) is 13.8 Å². The van der Waals surface area contributed by atoms with Gasteiger partial charge in [0.05, 0.1) is 0 Å². The van der Waals surface area contributed by atoms with Crippen LogP contribution in [0.5, 0.6) is 0 Å². The molecular formula is C25H43N. The number of unbranched alkanes of at least 4 members (excludes halogenated alkanes) is 2. The second-order valence-electron chi connectivity index (χ2n) is 6.90. The van der Waals surface area contributed by atoms with Gasteiger partial charge in [-0.15, -0.1) is 0 Å². The van der Waals surface area contributed by atoms with Gasteiger partial charge in [0.2, 0.25) is 0 Å². The molecule has 0 saturated heterocycles. The summed E-state index contributed by atoms with van der Waals surface area (Å²) in [4.78, 5) is 0. The zero-order valence-electron chi connectivity index (χ0n) is 18.6. The number of benzene rings is 1. The monoisotopic (exact) mass is 357 g/mol. The van der Waals surface area contributed by atoms with Crippen molar-refractivity contribution in [2.45, 2.75) is 93.4 Å². The first-order chi connectivity index (χ1) is 12.5. The van der Waals surface area contributed by atoms with Crippen LogP contribution in [0, 0.1) is 6.92 Å². The van der Waals surface area contributed by atoms with Gasteiger partial charge in [-0.2, -0.15) is 0 Å². The lowest BCUT2D eigenvalue weighted by Crippen LogP contribution is -2.12. The molecule has 0 heterocycles. The van der Waals surface area contributed by atoms with Gasteiger partial charge in [0.25, 0.3) is 0 Å². The normalized spacial score (nSPS) is 12.7. The number of hydrogen-bond acceptors (Lipinski definition) is 1. The van der Waals surface area contributed by atoms with Gasteiger partial charge in [-0.25, -0.2) is 0 Å². The molecule has 0 fully saturated rings. The number of aryl methyl sites for hydroxylation is 1. The predicted octanol–water partition coefficient (Wildman–Crippen LogP) is 8.15. The fraction of sp³-hybridized carbons (Fsp3) is 0.600. The molecular weight excluding hydrogens is 314 g/mol. The molecule has 26 heavy (non-hydrogen) atoms. The van der Waals surface area contributed by atoms with E-state index in [1.165, 1.54) is 55.2 Å². The first-order valence-electron chi connectivity index (χ1n) is 10.8. The molecule has 0 saturated carbocycles. The van der Waals surface area contributed by atoms with Crippen LogP contribution in [0.1, 0.15) is 103 Å². The molecule has 1 aliphatic rings. The fourth-order valence-corrected chi connectivity index (χ4v) is 3.13. The summed E-state index contributed by atoms with van der Waals surface area (Å²) < 4.78 is 0. The van der Waals surface area contributed by atoms with Crippen molar-refractivity contribution in [1.29, 1.82) is 0 Å². The van der Waals surface area contributed by atoms with Crippen molar-refractivity contribution in [2.24, 2.45) is 0 Å². The van der Waals surface area contributed by atoms with Crippen molar-refractivity contribution in [2.75, 3.05) is 6.54 Å². The molecule has 0 aromatic heterocycles. The van der Waals surface area contributed by atoms with Crippen LogP contribution < -0.4 is 5.32 Å². The number of hydrogen-bond donors (Lipinski definition) is 1. The second-order valence-corrected chi connectivity index (χ2v) is 6.90. The van der Waals surface area contributed by atoms with Crippen molar-refractivity contribution >= 4 is 11.3 Å². The largest absolute Gasteiger partial charge is 0.385 e. The Labute approximate surface area is 164 Å². The Morgan fingerprint density at radius 2 is 1.65 bits per heavy atom. The minimum absolute atomic E-state index is 0.990. The van der Waals surface area contributed by atoms with Crippen LogP contribution >= 0.6 is 0 Å². The Hall–Kier alpha value is -1.50. The van der Waals surface area contributed by atoms with Crippen molar-refractivity contribution in [3.8, 4) is 0 Å². The molecule has 0 aliphatic heterocycles. The van der Waals surface area contributed by atoms with Crippen LogP contribution in [0.15, 0.2) is 30.4 Å². The van der Waals surface area contributed by atoms with Gasteiger partial charge < -0.3 is 5.32 Å². The maximum absolute atomic E-state index is 4.15. The lowest BCUT2D eigenvalue weighted by molar-refractivity contribution is 0.772. The molecule has 1 N–H and O–H groups in total. The third-order valence-corrected chi connectivity index (χ3v) is 4.70. The minimum atomic E-state index is 0.990. The number of rotatable bonds is 7. The van der Waals surface area contributed by atoms with Gasteiger partial charge in [0.15, 0.2) is 0 Å². The zero-order chi connectivity index (χ0) is 19.9. The summed E-state index contributed by atoms with van der Waals surface area (Å²) in [5, 5.41) is 3.39. The number of allylic oxidation sites excluding steroid dienone is 2. The summed E-state index contributed by atoms with van der Waals surface area (Å²) in [6, 6.07) is 6.71. The lowest BCUT2D eigenvalue weighted by atomic mass is 9.95. The van der Waals surface area contributed by atoms with Crippen molar-refractivity contribution in [3.63, 3.8) is 0 Å². The highest BCUT2D eigenvalue weighted by Crippen LogP contribution is 2.35. The smallest absolute Gasteiger partial charge is 0.0340 e. The molecule has 148 valence electrons. The Morgan fingerprint density at radius 3 is 2.12 bits per heavy atom. The van der Waals surface area contributed by atoms with Crippen LogP contribution in [0.4, 0.5) is 0 Å². The maximum atomic E-state index is 4.15. The van der Waals surface area contributed by atoms with Crippen molar-refractivity contribution < 1.29 is 0 Å². The summed E-state index contributed by atoms with van der Waals surface area (Å²) in [5.74, 6) is 0. The van der Waals surface area contributed by atoms with Crippen LogP contribution in [-0.2, 0) is 0 Å². The lowest BCUT2D eigenvalue weighted by Gasteiger charge is -2.14. The molecule has 1 heteroatoms. The Bertz CT molecular complexity index is 549. The van der Waals surface area contributed by atoms with Gasteiger partial charge in [0, 0.05) is 12.2 Å². The van der Waals surface area contributed by atoms with E-state index in [1.54, 1.807) is 11.1 Å². The van der Waals surface area contributed by atoms with E-state index in [2.05, 4.69) is 64.7 Å². The van der Waals surface area contributed by atoms with E-state index in [4.69, 9.17) is 0 Å². The van der Waals surface area contributed by atoms with Gasteiger partial charge >= 0.3 is 0 Å². The van der Waals surface area contributed by atoms with E-state index in [0.717, 1.165) is 18.7 Å². The molecule has 0 unspecified atom stereocenters. The third-order valence-electron chi connectivity index (χ3n) is 4.70. The fourth-order valence-electron chi connectivity index (χ4n) is 3.13. The highest BCUT2D eigenvalue weighted by molar-refractivity contribution is 5.75. The topological polar surface area (TPSA) is 12.0 Å². The van der Waals surface area contributed by atoms with Gasteiger partial charge in [0.1, 0.15) is 0 Å². The van der Waals surface area contributed by atoms with Crippen LogP contribution in [0.25, 0.3) is 11.3 Å². The average molecular weight is 358 g/mol. The summed E-state index contributed by atoms with van der Waals surface area (Å²) in [7, 11) is 0. The third kappa shape index (κ3) is 8.25. The molecule has 1 nitrogen and oxygen atoms in total. The van der Waals surface area contributed by atoms with Crippen molar-refractivity contribution in [1.82, 2.24) is 5.32 Å². The molecule has 1 aliphatic carbocycles. The molecule has 0 atom stereocenters. The summed E-state index contributed by atoms with van der Waals surface area (Å²) in [6.07, 6.45) is 8.99. The predicted molar refractivity (Wildman–Crippen MR) is 121 cm³/mol. The maximum Gasteiger partial charge on any atom is 0.0340 e. The first kappa shape index (κ1) is 24.5. The standard InChI is InChI=1S/C18H25N.C5H12.C2H6/c1-5-11-19-15(4)16-10-9-14(3)18(12-16)17-8-6-7-13(17)2;1-3-5-4-2;1-2/h9-10,12,19H,4-8,11H2,1-3H3;3-5H2,1-2H3;1-2H3. The number of nitrogens with one attached hydrogen (secondary N) is 1. The molecule has 1 aromatic carbocycles. The van der Waals surface area contributed by atoms with Crippen molar-refractivity contribution in [3.05, 3.63) is 47.0 Å². The molecule has 0 spiro atoms. The zero-order valence-corrected chi connectivity index (χ0v) is 18.6. The Balaban J connectivity index is 0.000000772. The van der Waals surface area contributed by atoms with E-state index in [-0.39, 0.29) is 0 Å². The second kappa shape index (κ2) is 14.6. The highest BCUT2D eigenvalue weighted by atomic mass is 14.9. The van der Waals surface area contributed by atoms with Crippen LogP contribution in [-0.4, -0.2) is 6.54 Å². The Morgan fingerprint density at radius 1 is 1.00 bits per heavy atom. The van der Waals surface area contributed by atoms with Gasteiger partial charge in [-0.1, -0.05) is 78.2 Å². The molecule has 0 bridgehead atoms. The molecule has 1 aromatic rings. The Kier molecular flexibility index (Phi) is 13.8. The molecule has 0 radical (unpaired) electrons. The highest BCUT2D eigenvalue weighted by Gasteiger charge is 2.15. The van der Waals surface area contributed by atoms with E-state index >= 15 is 0 Å². The van der Waals surface area contributed by atoms with E-state index < -0.39 is 0 Å². The molecule has 2 rings (SSSR count). The minimum Gasteiger partial charge on any atom is -0.385 e. The summed E-state index contributed by atoms with van der Waals surface area (Å²) in [6.45, 7) is 20.2. The van der Waals surface area contributed by atoms with E-state index in [0.29, 0.717) is 0 Å². The van der Waals surface area contributed by atoms with Gasteiger partial charge in [-0.05, 0) is 67.9 Å². The SMILES string of the molecule is C=C(NCCC)c1ccc(C)c(C2=C(C)CCC2)c1.CC.CCCCC. The summed E-state index contributed by atoms with van der Waals surface area (Å²) in [5.41, 5.74) is 8.19. The van der Waals surface area contributed by atoms with Crippen LogP contribution in [0.2, 0.25) is 0 Å². The average Bonchev–Trinajstić information content (AvgIpc) is 3.08. The molecule has 0 amide bonds. The summed E-state index contributed by atoms with van der Waals surface area (Å²) >= 11 is 0. The van der Waals surface area contributed by atoms with E-state index in [9.17, 15) is 0 Å². The quantitative estimate of drug-likeness (QED) is 0.519. The first-order valence-corrected chi connectivity index (χ1v) is 10.8. The van der Waals surface area contributed by atoms with Gasteiger partial charge in [-0.3, -0.25) is 0 Å². The van der Waals surface area contributed by atoms with Crippen LogP contribution in [0.3, 0.4) is 0 Å².